The fourth-order valence-corrected chi connectivity index (χ4v) is 1.62. The van der Waals surface area contributed by atoms with Gasteiger partial charge in [0, 0.05) is 33.0 Å². The first kappa shape index (κ1) is 15.9. The van der Waals surface area contributed by atoms with Crippen LogP contribution in [0.25, 0.3) is 6.08 Å². The zero-order chi connectivity index (χ0) is 15.0. The minimum Gasteiger partial charge on any atom is -0.480 e. The number of hydrogen-bond donors (Lipinski definition) is 2. The van der Waals surface area contributed by atoms with Crippen molar-refractivity contribution in [3.8, 4) is 0 Å². The van der Waals surface area contributed by atoms with Crippen molar-refractivity contribution in [2.45, 2.75) is 18.9 Å². The largest absolute Gasteiger partial charge is 0.480 e. The summed E-state index contributed by atoms with van der Waals surface area (Å²) in [4.78, 5) is 22.7. The molecule has 0 saturated heterocycles. The molecule has 0 fully saturated rings. The molecule has 7 nitrogen and oxygen atoms in total. The second-order valence-electron chi connectivity index (χ2n) is 4.25. The van der Waals surface area contributed by atoms with Crippen molar-refractivity contribution in [2.24, 2.45) is 7.05 Å². The van der Waals surface area contributed by atoms with Gasteiger partial charge in [0.2, 0.25) is 5.91 Å². The average Bonchev–Trinajstić information content (AvgIpc) is 2.81. The Hall–Kier alpha value is -2.15. The number of methoxy groups -OCH3 is 1. The molecule has 0 radical (unpaired) electrons. The summed E-state index contributed by atoms with van der Waals surface area (Å²) in [5, 5.41) is 15.4. The average molecular weight is 281 g/mol. The predicted molar refractivity (Wildman–Crippen MR) is 72.9 cm³/mol. The first-order valence-corrected chi connectivity index (χ1v) is 6.23. The zero-order valence-electron chi connectivity index (χ0n) is 11.6. The van der Waals surface area contributed by atoms with E-state index in [1.165, 1.54) is 6.08 Å². The highest BCUT2D eigenvalue weighted by Crippen LogP contribution is 2.01. The maximum Gasteiger partial charge on any atom is 0.326 e. The lowest BCUT2D eigenvalue weighted by atomic mass is 10.1. The van der Waals surface area contributed by atoms with E-state index in [4.69, 9.17) is 9.84 Å². The van der Waals surface area contributed by atoms with Gasteiger partial charge in [0.25, 0.3) is 0 Å². The summed E-state index contributed by atoms with van der Waals surface area (Å²) in [5.41, 5.74) is 0.756. The van der Waals surface area contributed by atoms with Crippen LogP contribution in [-0.2, 0) is 21.4 Å². The SMILES string of the molecule is COCCCC(NC(=O)/C=C/c1ccnn1C)C(=O)O. The Morgan fingerprint density at radius 2 is 2.35 bits per heavy atom. The number of carbonyl (C=O) groups excluding carboxylic acids is 1. The summed E-state index contributed by atoms with van der Waals surface area (Å²) >= 11 is 0. The molecule has 1 heterocycles. The van der Waals surface area contributed by atoms with Gasteiger partial charge < -0.3 is 15.2 Å². The summed E-state index contributed by atoms with van der Waals surface area (Å²) in [5.74, 6) is -1.50. The van der Waals surface area contributed by atoms with Crippen LogP contribution in [0.4, 0.5) is 0 Å². The number of hydrogen-bond acceptors (Lipinski definition) is 4. The van der Waals surface area contributed by atoms with E-state index < -0.39 is 17.9 Å². The van der Waals surface area contributed by atoms with Gasteiger partial charge in [-0.25, -0.2) is 4.79 Å². The maximum atomic E-state index is 11.7. The molecule has 0 aliphatic carbocycles. The molecule has 110 valence electrons. The smallest absolute Gasteiger partial charge is 0.326 e. The van der Waals surface area contributed by atoms with E-state index in [9.17, 15) is 9.59 Å². The molecule has 0 aliphatic rings. The van der Waals surface area contributed by atoms with E-state index in [1.54, 1.807) is 37.2 Å². The summed E-state index contributed by atoms with van der Waals surface area (Å²) < 4.78 is 6.47. The van der Waals surface area contributed by atoms with Crippen molar-refractivity contribution in [3.63, 3.8) is 0 Å². The molecule has 1 aromatic rings. The standard InChI is InChI=1S/C13H19N3O4/c1-16-10(7-8-14-16)5-6-12(17)15-11(13(18)19)4-3-9-20-2/h5-8,11H,3-4,9H2,1-2H3,(H,15,17)(H,18,19)/b6-5+. The van der Waals surface area contributed by atoms with Crippen LogP contribution in [0.3, 0.4) is 0 Å². The Balaban J connectivity index is 2.51. The molecule has 1 amide bonds. The Kier molecular flexibility index (Phi) is 6.45. The lowest BCUT2D eigenvalue weighted by Gasteiger charge is -2.12. The minimum absolute atomic E-state index is 0.328. The molecule has 1 atom stereocenters. The first-order valence-electron chi connectivity index (χ1n) is 6.23. The van der Waals surface area contributed by atoms with Gasteiger partial charge in [0.15, 0.2) is 0 Å². The number of carboxylic acids is 1. The summed E-state index contributed by atoms with van der Waals surface area (Å²) in [6.07, 6.45) is 5.38. The van der Waals surface area contributed by atoms with Crippen LogP contribution < -0.4 is 5.32 Å². The summed E-state index contributed by atoms with van der Waals surface area (Å²) in [7, 11) is 3.30. The Morgan fingerprint density at radius 3 is 2.90 bits per heavy atom. The lowest BCUT2D eigenvalue weighted by Crippen LogP contribution is -2.40. The number of carboxylic acid groups (broad SMARTS) is 1. The summed E-state index contributed by atoms with van der Waals surface area (Å²) in [6, 6.07) is 0.839. The van der Waals surface area contributed by atoms with Crippen LogP contribution in [0.5, 0.6) is 0 Å². The normalized spacial score (nSPS) is 12.5. The number of carbonyl (C=O) groups is 2. The van der Waals surface area contributed by atoms with Crippen LogP contribution in [0.15, 0.2) is 18.3 Å². The van der Waals surface area contributed by atoms with Crippen LogP contribution >= 0.6 is 0 Å². The van der Waals surface area contributed by atoms with E-state index in [-0.39, 0.29) is 0 Å². The van der Waals surface area contributed by atoms with Gasteiger partial charge in [-0.2, -0.15) is 5.10 Å². The molecule has 2 N–H and O–H groups in total. The van der Waals surface area contributed by atoms with Gasteiger partial charge >= 0.3 is 5.97 Å². The number of amides is 1. The van der Waals surface area contributed by atoms with E-state index in [1.807, 2.05) is 0 Å². The lowest BCUT2D eigenvalue weighted by molar-refractivity contribution is -0.141. The number of aliphatic carboxylic acids is 1. The second-order valence-corrected chi connectivity index (χ2v) is 4.25. The molecule has 0 spiro atoms. The second kappa shape index (κ2) is 8.11. The third-order valence-electron chi connectivity index (χ3n) is 2.72. The molecule has 7 heteroatoms. The van der Waals surface area contributed by atoms with Crippen molar-refractivity contribution in [1.82, 2.24) is 15.1 Å². The monoisotopic (exact) mass is 281 g/mol. The molecule has 0 saturated carbocycles. The first-order chi connectivity index (χ1) is 9.54. The number of rotatable bonds is 8. The minimum atomic E-state index is -1.05. The Labute approximate surface area is 117 Å². The highest BCUT2D eigenvalue weighted by Gasteiger charge is 2.18. The molecule has 1 unspecified atom stereocenters. The Bertz CT molecular complexity index is 482. The van der Waals surface area contributed by atoms with Crippen LogP contribution in [0, 0.1) is 0 Å². The van der Waals surface area contributed by atoms with Crippen molar-refractivity contribution >= 4 is 18.0 Å². The zero-order valence-corrected chi connectivity index (χ0v) is 11.6. The third-order valence-corrected chi connectivity index (χ3v) is 2.72. The van der Waals surface area contributed by atoms with Crippen molar-refractivity contribution in [2.75, 3.05) is 13.7 Å². The molecule has 20 heavy (non-hydrogen) atoms. The fraction of sp³-hybridized carbons (Fsp3) is 0.462. The van der Waals surface area contributed by atoms with E-state index in [0.717, 1.165) is 5.69 Å². The van der Waals surface area contributed by atoms with Crippen LogP contribution in [-0.4, -0.2) is 46.5 Å². The van der Waals surface area contributed by atoms with Crippen molar-refractivity contribution in [1.29, 1.82) is 0 Å². The van der Waals surface area contributed by atoms with Gasteiger partial charge in [0.1, 0.15) is 6.04 Å². The molecule has 1 rings (SSSR count). The van der Waals surface area contributed by atoms with Gasteiger partial charge in [-0.3, -0.25) is 9.48 Å². The fourth-order valence-electron chi connectivity index (χ4n) is 1.62. The number of nitrogens with zero attached hydrogens (tertiary/aromatic N) is 2. The predicted octanol–water partition coefficient (Wildman–Crippen LogP) is 0.429. The molecular weight excluding hydrogens is 262 g/mol. The molecule has 1 aromatic heterocycles. The third kappa shape index (κ3) is 5.23. The van der Waals surface area contributed by atoms with Gasteiger partial charge in [-0.1, -0.05) is 0 Å². The van der Waals surface area contributed by atoms with Crippen LogP contribution in [0.1, 0.15) is 18.5 Å². The highest BCUT2D eigenvalue weighted by molar-refractivity contribution is 5.94. The number of aryl methyl sites for hydroxylation is 1. The molecule has 0 aliphatic heterocycles. The molecular formula is C13H19N3O4. The van der Waals surface area contributed by atoms with Gasteiger partial charge in [-0.05, 0) is 25.0 Å². The van der Waals surface area contributed by atoms with E-state index >= 15 is 0 Å². The van der Waals surface area contributed by atoms with Gasteiger partial charge in [0.05, 0.1) is 5.69 Å². The van der Waals surface area contributed by atoms with Gasteiger partial charge in [-0.15, -0.1) is 0 Å². The highest BCUT2D eigenvalue weighted by atomic mass is 16.5. The topological polar surface area (TPSA) is 93.5 Å². The van der Waals surface area contributed by atoms with E-state index in [0.29, 0.717) is 19.4 Å². The van der Waals surface area contributed by atoms with Crippen LogP contribution in [0.2, 0.25) is 0 Å². The number of aromatic nitrogens is 2. The molecule has 0 bridgehead atoms. The maximum absolute atomic E-state index is 11.7. The van der Waals surface area contributed by atoms with Crippen molar-refractivity contribution in [3.05, 3.63) is 24.0 Å². The van der Waals surface area contributed by atoms with E-state index in [2.05, 4.69) is 10.4 Å². The summed E-state index contributed by atoms with van der Waals surface area (Å²) in [6.45, 7) is 0.463. The number of nitrogens with one attached hydrogen (secondary N) is 1. The number of ether oxygens (including phenoxy) is 1. The Morgan fingerprint density at radius 1 is 1.60 bits per heavy atom. The quantitative estimate of drug-likeness (QED) is 0.532. The molecule has 0 aromatic carbocycles. The van der Waals surface area contributed by atoms with Crippen molar-refractivity contribution < 1.29 is 19.4 Å².